The first-order valence-electron chi connectivity index (χ1n) is 16.1. The van der Waals surface area contributed by atoms with E-state index in [1.807, 2.05) is 0 Å². The van der Waals surface area contributed by atoms with E-state index in [0.29, 0.717) is 37.1 Å². The van der Waals surface area contributed by atoms with E-state index in [1.165, 1.54) is 22.1 Å². The summed E-state index contributed by atoms with van der Waals surface area (Å²) in [5.74, 6) is 0.338. The maximum absolute atomic E-state index is 14.7. The summed E-state index contributed by atoms with van der Waals surface area (Å²) in [4.78, 5) is 53.6. The van der Waals surface area contributed by atoms with Crippen molar-refractivity contribution in [2.45, 2.75) is 65.7 Å². The van der Waals surface area contributed by atoms with Gasteiger partial charge in [0.15, 0.2) is 12.4 Å². The van der Waals surface area contributed by atoms with Gasteiger partial charge in [-0.15, -0.1) is 18.0 Å². The molecule has 0 unspecified atom stereocenters. The molecule has 0 saturated heterocycles. The monoisotopic (exact) mass is 665 g/mol. The minimum absolute atomic E-state index is 0.00498. The van der Waals surface area contributed by atoms with E-state index < -0.39 is 17.6 Å². The van der Waals surface area contributed by atoms with Gasteiger partial charge in [0.05, 0.1) is 30.2 Å². The first-order valence-corrected chi connectivity index (χ1v) is 16.6. The number of benzene rings is 2. The van der Waals surface area contributed by atoms with Gasteiger partial charge in [-0.2, -0.15) is 0 Å². The minimum Gasteiger partial charge on any atom is -0.481 e. The summed E-state index contributed by atoms with van der Waals surface area (Å²) in [6.45, 7) is 7.83. The topological polar surface area (TPSA) is 96.5 Å². The maximum atomic E-state index is 14.7. The zero-order chi connectivity index (χ0) is 34.1. The number of nitrogens with zero attached hydrogens (tertiary/aromatic N) is 3. The second kappa shape index (κ2) is 16.6. The van der Waals surface area contributed by atoms with Crippen molar-refractivity contribution in [3.8, 4) is 18.1 Å². The molecule has 0 bridgehead atoms. The lowest BCUT2D eigenvalue weighted by Gasteiger charge is -2.29. The molecule has 0 atom stereocenters. The molecule has 5 rings (SSSR count). The molecule has 9 nitrogen and oxygen atoms in total. The molecule has 4 amide bonds. The Hall–Kier alpha value is -4.20. The lowest BCUT2D eigenvalue weighted by atomic mass is 9.93. The molecular formula is C36H41ClFN3O6. The van der Waals surface area contributed by atoms with Crippen molar-refractivity contribution in [2.24, 2.45) is 0 Å². The summed E-state index contributed by atoms with van der Waals surface area (Å²) in [5.41, 5.74) is 4.38. The molecule has 11 heteroatoms. The first-order chi connectivity index (χ1) is 22.7. The van der Waals surface area contributed by atoms with Gasteiger partial charge in [0.25, 0.3) is 17.7 Å². The Bertz CT molecular complexity index is 1550. The highest BCUT2D eigenvalue weighted by molar-refractivity contribution is 6.33. The second-order valence-electron chi connectivity index (χ2n) is 11.3. The highest BCUT2D eigenvalue weighted by Crippen LogP contribution is 2.41. The van der Waals surface area contributed by atoms with Crippen LogP contribution >= 0.6 is 11.6 Å². The molecule has 47 heavy (non-hydrogen) atoms. The molecule has 0 radical (unpaired) electrons. The average molecular weight is 666 g/mol. The molecule has 0 fully saturated rings. The van der Waals surface area contributed by atoms with Crippen LogP contribution < -0.4 is 19.4 Å². The lowest BCUT2D eigenvalue weighted by Crippen LogP contribution is -2.39. The summed E-state index contributed by atoms with van der Waals surface area (Å²) >= 11 is 5.80. The van der Waals surface area contributed by atoms with Crippen LogP contribution in [-0.4, -0.2) is 62.4 Å². The lowest BCUT2D eigenvalue weighted by molar-refractivity contribution is -0.121. The molecule has 250 valence electrons. The van der Waals surface area contributed by atoms with E-state index in [4.69, 9.17) is 27.5 Å². The zero-order valence-corrected chi connectivity index (χ0v) is 28.0. The van der Waals surface area contributed by atoms with Crippen LogP contribution in [0.15, 0.2) is 41.5 Å². The van der Waals surface area contributed by atoms with Gasteiger partial charge in [0.2, 0.25) is 5.91 Å². The normalized spacial score (nSPS) is 15.4. The molecule has 2 aromatic rings. The number of terminal acetylenes is 1. The van der Waals surface area contributed by atoms with Gasteiger partial charge in [-0.05, 0) is 62.1 Å². The van der Waals surface area contributed by atoms with Gasteiger partial charge in [0.1, 0.15) is 11.6 Å². The van der Waals surface area contributed by atoms with E-state index in [1.54, 1.807) is 4.90 Å². The number of anilines is 3. The van der Waals surface area contributed by atoms with Crippen molar-refractivity contribution in [1.82, 2.24) is 0 Å². The number of halogens is 2. The fourth-order valence-corrected chi connectivity index (χ4v) is 6.15. The highest BCUT2D eigenvalue weighted by Gasteiger charge is 2.41. The SMILES string of the molecule is C#CCN1C(=O)COc2cc(F)c(N3C(=O)C4=C(CCCC4)C3=O)cc21.CCCOCCN(C(=O)CCl)c1c(CC)cccc1CC. The summed E-state index contributed by atoms with van der Waals surface area (Å²) in [6.07, 6.45) is 10.8. The Labute approximate surface area is 280 Å². The smallest absolute Gasteiger partial charge is 0.265 e. The number of imide groups is 1. The molecule has 2 aromatic carbocycles. The standard InChI is InChI=1S/C19H15FN2O4.C17H26ClNO2/c1-2-7-21-15-9-14(13(20)8-16(15)26-10-17(21)23)22-18(24)11-5-3-4-6-12(11)19(22)25;1-4-11-21-12-10-19(16(20)13-18)17-14(5-2)8-7-9-15(17)6-3/h1,8-9H,3-7,10H2;7-9H,4-6,10-13H2,1-3H3. The van der Waals surface area contributed by atoms with Crippen LogP contribution in [0, 0.1) is 18.2 Å². The van der Waals surface area contributed by atoms with Crippen molar-refractivity contribution in [1.29, 1.82) is 0 Å². The number of fused-ring (bicyclic) bond motifs is 1. The van der Waals surface area contributed by atoms with Crippen LogP contribution in [0.3, 0.4) is 0 Å². The van der Waals surface area contributed by atoms with Crippen molar-refractivity contribution < 1.29 is 33.0 Å². The number of amides is 4. The summed E-state index contributed by atoms with van der Waals surface area (Å²) < 4.78 is 25.5. The minimum atomic E-state index is -0.764. The van der Waals surface area contributed by atoms with Gasteiger partial charge in [-0.1, -0.05) is 44.9 Å². The van der Waals surface area contributed by atoms with Gasteiger partial charge < -0.3 is 14.4 Å². The number of ether oxygens (including phenoxy) is 2. The molecule has 3 aliphatic rings. The Morgan fingerprint density at radius 1 is 1.02 bits per heavy atom. The quantitative estimate of drug-likeness (QED) is 0.132. The number of hydrogen-bond donors (Lipinski definition) is 0. The summed E-state index contributed by atoms with van der Waals surface area (Å²) in [7, 11) is 0. The van der Waals surface area contributed by atoms with Crippen LogP contribution in [0.1, 0.15) is 64.0 Å². The Kier molecular flexibility index (Phi) is 12.6. The molecule has 1 aliphatic carbocycles. The molecule has 0 spiro atoms. The van der Waals surface area contributed by atoms with E-state index in [2.05, 4.69) is 44.9 Å². The second-order valence-corrected chi connectivity index (χ2v) is 11.5. The Morgan fingerprint density at radius 2 is 1.66 bits per heavy atom. The Balaban J connectivity index is 0.000000219. The number of para-hydroxylation sites is 1. The predicted octanol–water partition coefficient (Wildman–Crippen LogP) is 5.74. The van der Waals surface area contributed by atoms with Crippen LogP contribution in [0.5, 0.6) is 5.75 Å². The number of alkyl halides is 1. The predicted molar refractivity (Wildman–Crippen MR) is 180 cm³/mol. The zero-order valence-electron chi connectivity index (χ0n) is 27.2. The van der Waals surface area contributed by atoms with Crippen molar-refractivity contribution in [2.75, 3.05) is 53.5 Å². The summed E-state index contributed by atoms with van der Waals surface area (Å²) in [6, 6.07) is 8.58. The largest absolute Gasteiger partial charge is 0.481 e. The molecule has 2 aliphatic heterocycles. The molecule has 2 heterocycles. The van der Waals surface area contributed by atoms with E-state index in [-0.39, 0.29) is 48.0 Å². The van der Waals surface area contributed by atoms with Crippen LogP contribution in [0.4, 0.5) is 21.5 Å². The third-order valence-electron chi connectivity index (χ3n) is 8.31. The van der Waals surface area contributed by atoms with Gasteiger partial charge in [-0.25, -0.2) is 9.29 Å². The number of carbonyl (C=O) groups is 4. The summed E-state index contributed by atoms with van der Waals surface area (Å²) in [5, 5.41) is 0. The van der Waals surface area contributed by atoms with Crippen molar-refractivity contribution in [3.05, 3.63) is 58.4 Å². The van der Waals surface area contributed by atoms with E-state index >= 15 is 0 Å². The molecule has 0 N–H and O–H groups in total. The van der Waals surface area contributed by atoms with Gasteiger partial charge in [0, 0.05) is 30.4 Å². The first kappa shape index (κ1) is 35.7. The number of carbonyl (C=O) groups excluding carboxylic acids is 4. The third-order valence-corrected chi connectivity index (χ3v) is 8.54. The fourth-order valence-electron chi connectivity index (χ4n) is 6.00. The van der Waals surface area contributed by atoms with Gasteiger partial charge >= 0.3 is 0 Å². The molecular weight excluding hydrogens is 625 g/mol. The molecule has 0 aromatic heterocycles. The van der Waals surface area contributed by atoms with Crippen LogP contribution in [0.25, 0.3) is 0 Å². The highest BCUT2D eigenvalue weighted by atomic mass is 35.5. The fraction of sp³-hybridized carbons (Fsp3) is 0.444. The van der Waals surface area contributed by atoms with E-state index in [9.17, 15) is 23.6 Å². The third kappa shape index (κ3) is 7.69. The van der Waals surface area contributed by atoms with E-state index in [0.717, 1.165) is 55.4 Å². The maximum Gasteiger partial charge on any atom is 0.265 e. The van der Waals surface area contributed by atoms with Gasteiger partial charge in [-0.3, -0.25) is 24.1 Å². The Morgan fingerprint density at radius 3 is 2.21 bits per heavy atom. The number of aryl methyl sites for hydroxylation is 2. The molecule has 0 saturated carbocycles. The van der Waals surface area contributed by atoms with Crippen LogP contribution in [0.2, 0.25) is 0 Å². The van der Waals surface area contributed by atoms with Crippen molar-refractivity contribution >= 4 is 52.3 Å². The number of hydrogen-bond acceptors (Lipinski definition) is 6. The van der Waals surface area contributed by atoms with Crippen molar-refractivity contribution in [3.63, 3.8) is 0 Å². The average Bonchev–Trinajstić information content (AvgIpc) is 3.34. The van der Waals surface area contributed by atoms with Crippen LogP contribution in [-0.2, 0) is 36.8 Å². The number of rotatable bonds is 11.